The molecule has 0 bridgehead atoms. The van der Waals surface area contributed by atoms with E-state index in [9.17, 15) is 0 Å². The third kappa shape index (κ3) is 3.27. The van der Waals surface area contributed by atoms with E-state index >= 15 is 0 Å². The van der Waals surface area contributed by atoms with Crippen molar-refractivity contribution in [3.8, 4) is 11.3 Å². The summed E-state index contributed by atoms with van der Waals surface area (Å²) in [5, 5.41) is 1.22. The maximum Gasteiger partial charge on any atom is 0.411 e. The smallest absolute Gasteiger partial charge is 0.393 e. The van der Waals surface area contributed by atoms with E-state index < -0.39 is 0 Å². The van der Waals surface area contributed by atoms with Crippen LogP contribution in [0.2, 0.25) is 0 Å². The first-order chi connectivity index (χ1) is 17.2. The van der Waals surface area contributed by atoms with Crippen LogP contribution in [0.4, 0.5) is 11.4 Å². The van der Waals surface area contributed by atoms with Gasteiger partial charge in [0.25, 0.3) is 0 Å². The van der Waals surface area contributed by atoms with E-state index in [-0.39, 0.29) is 6.98 Å². The summed E-state index contributed by atoms with van der Waals surface area (Å²) in [6.45, 7) is 13.4. The van der Waals surface area contributed by atoms with Gasteiger partial charge >= 0.3 is 6.98 Å². The fraction of sp³-hybridized carbons (Fsp3) is 0.267. The van der Waals surface area contributed by atoms with Gasteiger partial charge in [0.2, 0.25) is 0 Å². The minimum absolute atomic E-state index is 0.169. The van der Waals surface area contributed by atoms with Crippen molar-refractivity contribution >= 4 is 55.5 Å². The van der Waals surface area contributed by atoms with Crippen LogP contribution < -0.4 is 15.1 Å². The molecule has 4 nitrogen and oxygen atoms in total. The lowest BCUT2D eigenvalue weighted by molar-refractivity contribution is 1.23. The molecule has 2 aromatic heterocycles. The van der Waals surface area contributed by atoms with Crippen molar-refractivity contribution in [3.63, 3.8) is 0 Å². The van der Waals surface area contributed by atoms with Gasteiger partial charge in [-0.15, -0.1) is 11.3 Å². The first-order valence-corrected chi connectivity index (χ1v) is 13.3. The fourth-order valence-electron chi connectivity index (χ4n) is 6.37. The predicted octanol–water partition coefficient (Wildman–Crippen LogP) is 6.64. The van der Waals surface area contributed by atoms with Gasteiger partial charge in [-0.2, -0.15) is 0 Å². The van der Waals surface area contributed by atoms with Crippen LogP contribution >= 0.6 is 11.3 Å². The van der Waals surface area contributed by atoms with Crippen molar-refractivity contribution < 1.29 is 0 Å². The Labute approximate surface area is 217 Å². The van der Waals surface area contributed by atoms with Crippen LogP contribution in [0.1, 0.15) is 33.4 Å². The molecule has 36 heavy (non-hydrogen) atoms. The van der Waals surface area contributed by atoms with Gasteiger partial charge in [0, 0.05) is 21.3 Å². The lowest BCUT2D eigenvalue weighted by atomic mass is 9.62. The van der Waals surface area contributed by atoms with Gasteiger partial charge in [-0.25, -0.2) is 9.97 Å². The van der Waals surface area contributed by atoms with Crippen LogP contribution in [-0.2, 0) is 0 Å². The molecule has 1 aliphatic heterocycles. The second kappa shape index (κ2) is 8.07. The van der Waals surface area contributed by atoms with E-state index in [0.29, 0.717) is 0 Å². The van der Waals surface area contributed by atoms with E-state index in [1.165, 1.54) is 60.3 Å². The highest BCUT2D eigenvalue weighted by molar-refractivity contribution is 7.26. The topological polar surface area (TPSA) is 32.3 Å². The number of hydrogen-bond acceptors (Lipinski definition) is 5. The Bertz CT molecular complexity index is 1660. The molecule has 6 heteroatoms. The second-order valence-electron chi connectivity index (χ2n) is 10.5. The molecule has 0 N–H and O–H groups in total. The average Bonchev–Trinajstić information content (AvgIpc) is 3.29. The molecule has 0 aliphatic carbocycles. The van der Waals surface area contributed by atoms with Crippen molar-refractivity contribution in [2.75, 3.05) is 23.7 Å². The lowest BCUT2D eigenvalue weighted by Gasteiger charge is -2.27. The normalized spacial score (nSPS) is 13.4. The number of anilines is 2. The van der Waals surface area contributed by atoms with Crippen molar-refractivity contribution in [1.29, 1.82) is 0 Å². The summed E-state index contributed by atoms with van der Waals surface area (Å²) < 4.78 is 2.46. The molecule has 3 aromatic carbocycles. The highest BCUT2D eigenvalue weighted by Gasteiger charge is 2.41. The Hall–Kier alpha value is -3.38. The highest BCUT2D eigenvalue weighted by atomic mass is 32.1. The molecule has 0 radical (unpaired) electrons. The van der Waals surface area contributed by atoms with Crippen LogP contribution in [0, 0.1) is 41.5 Å². The Morgan fingerprint density at radius 3 is 2.03 bits per heavy atom. The second-order valence-corrected chi connectivity index (χ2v) is 11.6. The van der Waals surface area contributed by atoms with Gasteiger partial charge in [-0.3, -0.25) is 0 Å². The summed E-state index contributed by atoms with van der Waals surface area (Å²) in [5.74, 6) is 0. The van der Waals surface area contributed by atoms with E-state index in [0.717, 1.165) is 21.5 Å². The monoisotopic (exact) mass is 490 g/mol. The molecule has 5 aromatic rings. The van der Waals surface area contributed by atoms with Crippen molar-refractivity contribution in [2.24, 2.45) is 0 Å². The SMILES string of the molecule is Cc1cc(C)cc(-c2ncnc3c2sc2c(C)c4c(cc23)N(C)B(c2c(C)cc(C)cc2C)N4C)c1. The molecular weight excluding hydrogens is 459 g/mol. The van der Waals surface area contributed by atoms with Gasteiger partial charge in [-0.05, 0) is 84.9 Å². The number of thiophene rings is 1. The van der Waals surface area contributed by atoms with Gasteiger partial charge in [0.15, 0.2) is 0 Å². The summed E-state index contributed by atoms with van der Waals surface area (Å²) in [5.41, 5.74) is 15.0. The zero-order valence-electron chi connectivity index (χ0n) is 22.3. The largest absolute Gasteiger partial charge is 0.411 e. The number of aromatic nitrogens is 2. The summed E-state index contributed by atoms with van der Waals surface area (Å²) in [4.78, 5) is 14.4. The highest BCUT2D eigenvalue weighted by Crippen LogP contribution is 2.48. The van der Waals surface area contributed by atoms with Crippen molar-refractivity contribution in [3.05, 3.63) is 76.1 Å². The first-order valence-electron chi connectivity index (χ1n) is 12.5. The molecular formula is C30H31BN4S. The summed E-state index contributed by atoms with van der Waals surface area (Å²) in [6, 6.07) is 13.6. The standard InChI is InChI=1S/C30H31BN4S/c1-16-9-17(2)13-22(12-16)26-30-27(33-15-32-26)23-14-24-28(21(6)29(23)36-30)35(8)31(34(24)7)25-19(4)10-18(3)11-20(25)5/h9-15H,1-8H3. The first kappa shape index (κ1) is 23.0. The third-order valence-electron chi connectivity index (χ3n) is 7.68. The summed E-state index contributed by atoms with van der Waals surface area (Å²) in [7, 11) is 4.46. The average molecular weight is 490 g/mol. The number of aryl methyl sites for hydroxylation is 6. The van der Waals surface area contributed by atoms with Gasteiger partial charge in [-0.1, -0.05) is 46.0 Å². The number of benzene rings is 3. The van der Waals surface area contributed by atoms with Crippen LogP contribution in [0.15, 0.2) is 42.7 Å². The maximum absolute atomic E-state index is 4.79. The molecule has 0 saturated carbocycles. The number of nitrogens with zero attached hydrogens (tertiary/aromatic N) is 4. The molecule has 0 saturated heterocycles. The third-order valence-corrected chi connectivity index (χ3v) is 9.01. The fourth-order valence-corrected chi connectivity index (χ4v) is 7.62. The Morgan fingerprint density at radius 2 is 1.36 bits per heavy atom. The van der Waals surface area contributed by atoms with Crippen LogP contribution in [0.5, 0.6) is 0 Å². The maximum atomic E-state index is 4.79. The van der Waals surface area contributed by atoms with E-state index in [1.807, 2.05) is 11.3 Å². The molecule has 1 aliphatic rings. The molecule has 180 valence electrons. The van der Waals surface area contributed by atoms with E-state index in [1.54, 1.807) is 6.33 Å². The van der Waals surface area contributed by atoms with E-state index in [2.05, 4.69) is 102 Å². The molecule has 6 rings (SSSR count). The number of rotatable bonds is 2. The minimum Gasteiger partial charge on any atom is -0.393 e. The molecule has 0 fully saturated rings. The Balaban J connectivity index is 1.57. The van der Waals surface area contributed by atoms with Gasteiger partial charge in [0.1, 0.15) is 6.33 Å². The lowest BCUT2D eigenvalue weighted by Crippen LogP contribution is -2.55. The molecule has 0 unspecified atom stereocenters. The van der Waals surface area contributed by atoms with Crippen LogP contribution in [0.25, 0.3) is 31.6 Å². The zero-order valence-corrected chi connectivity index (χ0v) is 23.1. The molecule has 0 amide bonds. The van der Waals surface area contributed by atoms with Crippen molar-refractivity contribution in [2.45, 2.75) is 41.5 Å². The van der Waals surface area contributed by atoms with Crippen LogP contribution in [0.3, 0.4) is 0 Å². The van der Waals surface area contributed by atoms with Gasteiger partial charge < -0.3 is 9.62 Å². The number of fused-ring (bicyclic) bond motifs is 4. The molecule has 0 atom stereocenters. The van der Waals surface area contributed by atoms with Crippen molar-refractivity contribution in [1.82, 2.24) is 9.97 Å². The summed E-state index contributed by atoms with van der Waals surface area (Å²) >= 11 is 1.83. The minimum atomic E-state index is 0.169. The Kier molecular flexibility index (Phi) is 5.17. The Morgan fingerprint density at radius 1 is 0.722 bits per heavy atom. The van der Waals surface area contributed by atoms with Gasteiger partial charge in [0.05, 0.1) is 21.6 Å². The summed E-state index contributed by atoms with van der Waals surface area (Å²) in [6.07, 6.45) is 1.72. The molecule has 3 heterocycles. The zero-order chi connectivity index (χ0) is 25.5. The quantitative estimate of drug-likeness (QED) is 0.260. The number of hydrogen-bond donors (Lipinski definition) is 0. The predicted molar refractivity (Wildman–Crippen MR) is 157 cm³/mol. The van der Waals surface area contributed by atoms with E-state index in [4.69, 9.17) is 9.97 Å². The molecule has 0 spiro atoms. The van der Waals surface area contributed by atoms with Crippen LogP contribution in [-0.4, -0.2) is 31.0 Å².